The van der Waals surface area contributed by atoms with Crippen LogP contribution in [0.3, 0.4) is 0 Å². The lowest BCUT2D eigenvalue weighted by atomic mass is 9.84. The van der Waals surface area contributed by atoms with E-state index in [1.54, 1.807) is 19.2 Å². The fourth-order valence-corrected chi connectivity index (χ4v) is 3.85. The molecule has 2 aliphatic rings. The van der Waals surface area contributed by atoms with Gasteiger partial charge in [0.15, 0.2) is 0 Å². The van der Waals surface area contributed by atoms with Crippen LogP contribution < -0.4 is 4.74 Å². The molecular weight excluding hydrogens is 278 g/mol. The van der Waals surface area contributed by atoms with Crippen LogP contribution in [0, 0.1) is 5.92 Å². The van der Waals surface area contributed by atoms with E-state index >= 15 is 0 Å². The van der Waals surface area contributed by atoms with Gasteiger partial charge in [0.1, 0.15) is 11.3 Å². The van der Waals surface area contributed by atoms with E-state index in [-0.39, 0.29) is 5.97 Å². The lowest BCUT2D eigenvalue weighted by Crippen LogP contribution is -2.49. The Bertz CT molecular complexity index is 515. The first-order valence-corrected chi connectivity index (χ1v) is 8.34. The summed E-state index contributed by atoms with van der Waals surface area (Å²) >= 11 is 0. The molecule has 0 radical (unpaired) electrons. The number of hydrogen-bond donors (Lipinski definition) is 0. The van der Waals surface area contributed by atoms with Gasteiger partial charge in [0.2, 0.25) is 0 Å². The largest absolute Gasteiger partial charge is 0.496 e. The van der Waals surface area contributed by atoms with Crippen LogP contribution in [0.25, 0.3) is 0 Å². The molecule has 120 valence electrons. The highest BCUT2D eigenvalue weighted by atomic mass is 16.5. The van der Waals surface area contributed by atoms with Crippen molar-refractivity contribution in [1.29, 1.82) is 0 Å². The van der Waals surface area contributed by atoms with Crippen molar-refractivity contribution in [2.24, 2.45) is 5.92 Å². The van der Waals surface area contributed by atoms with Gasteiger partial charge in [0.25, 0.3) is 0 Å². The Morgan fingerprint density at radius 3 is 2.86 bits per heavy atom. The Morgan fingerprint density at radius 1 is 1.18 bits per heavy atom. The summed E-state index contributed by atoms with van der Waals surface area (Å²) in [6.07, 6.45) is 6.24. The predicted octanol–water partition coefficient (Wildman–Crippen LogP) is 3.12. The molecule has 2 fully saturated rings. The van der Waals surface area contributed by atoms with Gasteiger partial charge in [-0.3, -0.25) is 4.90 Å². The summed E-state index contributed by atoms with van der Waals surface area (Å²) in [4.78, 5) is 14.9. The fraction of sp³-hybridized carbons (Fsp3) is 0.611. The van der Waals surface area contributed by atoms with Crippen LogP contribution in [-0.4, -0.2) is 43.7 Å². The number of rotatable bonds is 4. The molecule has 4 heteroatoms. The zero-order valence-electron chi connectivity index (χ0n) is 13.3. The zero-order valence-corrected chi connectivity index (χ0v) is 13.3. The Balaban J connectivity index is 1.60. The number of benzene rings is 1. The Labute approximate surface area is 132 Å². The fourth-order valence-electron chi connectivity index (χ4n) is 3.85. The lowest BCUT2D eigenvalue weighted by molar-refractivity contribution is 0.00722. The predicted molar refractivity (Wildman–Crippen MR) is 85.2 cm³/mol. The first-order chi connectivity index (χ1) is 10.8. The molecule has 1 aromatic carbocycles. The lowest BCUT2D eigenvalue weighted by Gasteiger charge is -2.44. The molecule has 1 aromatic rings. The van der Waals surface area contributed by atoms with Crippen LogP contribution in [0.15, 0.2) is 24.3 Å². The molecule has 0 amide bonds. The van der Waals surface area contributed by atoms with Crippen LogP contribution in [0.2, 0.25) is 0 Å². The van der Waals surface area contributed by atoms with Crippen LogP contribution in [0.4, 0.5) is 0 Å². The van der Waals surface area contributed by atoms with Gasteiger partial charge in [-0.2, -0.15) is 0 Å². The van der Waals surface area contributed by atoms with E-state index in [1.807, 2.05) is 12.1 Å². The number of para-hydroxylation sites is 1. The molecule has 0 unspecified atom stereocenters. The highest BCUT2D eigenvalue weighted by Gasteiger charge is 2.33. The molecule has 0 saturated carbocycles. The number of nitrogens with zero attached hydrogens (tertiary/aromatic N) is 1. The molecule has 2 heterocycles. The maximum absolute atomic E-state index is 12.3. The molecule has 0 N–H and O–H groups in total. The highest BCUT2D eigenvalue weighted by Crippen LogP contribution is 2.31. The Hall–Kier alpha value is -1.55. The Morgan fingerprint density at radius 2 is 2.00 bits per heavy atom. The summed E-state index contributed by atoms with van der Waals surface area (Å²) in [5.74, 6) is 0.786. The van der Waals surface area contributed by atoms with Gasteiger partial charge in [-0.1, -0.05) is 18.6 Å². The van der Waals surface area contributed by atoms with Crippen molar-refractivity contribution in [1.82, 2.24) is 4.90 Å². The second-order valence-corrected chi connectivity index (χ2v) is 6.30. The van der Waals surface area contributed by atoms with E-state index in [0.717, 1.165) is 0 Å². The summed E-state index contributed by atoms with van der Waals surface area (Å²) in [6, 6.07) is 7.85. The first kappa shape index (κ1) is 15.3. The zero-order chi connectivity index (χ0) is 15.4. The van der Waals surface area contributed by atoms with E-state index in [2.05, 4.69) is 4.90 Å². The number of hydrogen-bond acceptors (Lipinski definition) is 4. The summed E-state index contributed by atoms with van der Waals surface area (Å²) < 4.78 is 10.8. The third-order valence-corrected chi connectivity index (χ3v) is 4.98. The standard InChI is InChI=1S/C18H25NO3/c1-21-17-10-3-2-8-15(17)18(20)22-13-14-7-6-12-19-11-5-4-9-16(14)19/h2-3,8,10,14,16H,4-7,9,11-13H2,1H3/t14-,16-/m0/s1. The molecule has 2 atom stereocenters. The molecule has 2 aliphatic heterocycles. The van der Waals surface area contributed by atoms with Crippen molar-refractivity contribution in [3.05, 3.63) is 29.8 Å². The van der Waals surface area contributed by atoms with Crippen molar-refractivity contribution < 1.29 is 14.3 Å². The second-order valence-electron chi connectivity index (χ2n) is 6.30. The van der Waals surface area contributed by atoms with E-state index in [4.69, 9.17) is 9.47 Å². The van der Waals surface area contributed by atoms with E-state index in [1.165, 1.54) is 45.2 Å². The van der Waals surface area contributed by atoms with E-state index in [9.17, 15) is 4.79 Å². The number of carbonyl (C=O) groups excluding carboxylic acids is 1. The minimum absolute atomic E-state index is 0.273. The maximum Gasteiger partial charge on any atom is 0.341 e. The van der Waals surface area contributed by atoms with Crippen molar-refractivity contribution in [3.63, 3.8) is 0 Å². The van der Waals surface area contributed by atoms with Crippen LogP contribution in [0.5, 0.6) is 5.75 Å². The summed E-state index contributed by atoms with van der Waals surface area (Å²) in [6.45, 7) is 2.95. The van der Waals surface area contributed by atoms with Crippen molar-refractivity contribution in [3.8, 4) is 5.75 Å². The van der Waals surface area contributed by atoms with Gasteiger partial charge in [-0.25, -0.2) is 4.79 Å². The van der Waals surface area contributed by atoms with Crippen molar-refractivity contribution in [2.75, 3.05) is 26.8 Å². The summed E-state index contributed by atoms with van der Waals surface area (Å²) in [7, 11) is 1.58. The molecule has 4 nitrogen and oxygen atoms in total. The van der Waals surface area contributed by atoms with Crippen molar-refractivity contribution in [2.45, 2.75) is 38.1 Å². The number of piperidine rings is 2. The maximum atomic E-state index is 12.3. The number of carbonyl (C=O) groups is 1. The van der Waals surface area contributed by atoms with E-state index in [0.29, 0.717) is 29.9 Å². The average Bonchev–Trinajstić information content (AvgIpc) is 2.59. The number of esters is 1. The molecule has 0 aromatic heterocycles. The summed E-state index contributed by atoms with van der Waals surface area (Å²) in [5.41, 5.74) is 0.515. The van der Waals surface area contributed by atoms with E-state index < -0.39 is 0 Å². The smallest absolute Gasteiger partial charge is 0.341 e. The minimum atomic E-state index is -0.273. The topological polar surface area (TPSA) is 38.8 Å². The quantitative estimate of drug-likeness (QED) is 0.801. The van der Waals surface area contributed by atoms with Crippen LogP contribution in [0.1, 0.15) is 42.5 Å². The van der Waals surface area contributed by atoms with Gasteiger partial charge in [0.05, 0.1) is 13.7 Å². The molecule has 0 aliphatic carbocycles. The molecule has 3 rings (SSSR count). The van der Waals surface area contributed by atoms with Crippen LogP contribution >= 0.6 is 0 Å². The highest BCUT2D eigenvalue weighted by molar-refractivity contribution is 5.92. The summed E-state index contributed by atoms with van der Waals surface area (Å²) in [5, 5.41) is 0. The third kappa shape index (κ3) is 3.27. The normalized spacial score (nSPS) is 25.3. The monoisotopic (exact) mass is 303 g/mol. The first-order valence-electron chi connectivity index (χ1n) is 8.34. The molecule has 0 bridgehead atoms. The number of methoxy groups -OCH3 is 1. The molecule has 0 spiro atoms. The van der Waals surface area contributed by atoms with Gasteiger partial charge in [-0.15, -0.1) is 0 Å². The number of fused-ring (bicyclic) bond motifs is 1. The molecule has 22 heavy (non-hydrogen) atoms. The van der Waals surface area contributed by atoms with Gasteiger partial charge in [0, 0.05) is 12.0 Å². The third-order valence-electron chi connectivity index (χ3n) is 4.98. The molecule has 2 saturated heterocycles. The SMILES string of the molecule is COc1ccccc1C(=O)OC[C@@H]1CCCN2CCCC[C@@H]12. The second kappa shape index (κ2) is 7.14. The van der Waals surface area contributed by atoms with Crippen LogP contribution in [-0.2, 0) is 4.74 Å². The van der Waals surface area contributed by atoms with Crippen molar-refractivity contribution >= 4 is 5.97 Å². The number of ether oxygens (including phenoxy) is 2. The van der Waals surface area contributed by atoms with Gasteiger partial charge in [-0.05, 0) is 50.9 Å². The molecular formula is C18H25NO3. The average molecular weight is 303 g/mol. The van der Waals surface area contributed by atoms with Gasteiger partial charge < -0.3 is 9.47 Å². The Kier molecular flexibility index (Phi) is 4.98. The minimum Gasteiger partial charge on any atom is -0.496 e. The van der Waals surface area contributed by atoms with Gasteiger partial charge >= 0.3 is 5.97 Å².